The van der Waals surface area contributed by atoms with Crippen LogP contribution < -0.4 is 9.47 Å². The van der Waals surface area contributed by atoms with Gasteiger partial charge in [0.15, 0.2) is 0 Å². The summed E-state index contributed by atoms with van der Waals surface area (Å²) in [5.41, 5.74) is 4.66. The van der Waals surface area contributed by atoms with Gasteiger partial charge in [-0.1, -0.05) is 101 Å². The summed E-state index contributed by atoms with van der Waals surface area (Å²) in [7, 11) is 0. The quantitative estimate of drug-likeness (QED) is 0.0465. The van der Waals surface area contributed by atoms with Gasteiger partial charge in [-0.05, 0) is 106 Å². The van der Waals surface area contributed by atoms with E-state index in [0.717, 1.165) is 110 Å². The lowest BCUT2D eigenvalue weighted by molar-refractivity contribution is -0.257. The van der Waals surface area contributed by atoms with Gasteiger partial charge in [-0.2, -0.15) is 0 Å². The number of fused-ring (bicyclic) bond motifs is 2. The molecule has 360 valence electrons. The van der Waals surface area contributed by atoms with Crippen molar-refractivity contribution in [1.82, 2.24) is 9.88 Å². The number of benzene rings is 1. The van der Waals surface area contributed by atoms with Crippen LogP contribution in [0.2, 0.25) is 0 Å². The van der Waals surface area contributed by atoms with Gasteiger partial charge < -0.3 is 38.9 Å². The second kappa shape index (κ2) is 26.5. The predicted molar refractivity (Wildman–Crippen MR) is 257 cm³/mol. The fourth-order valence-electron chi connectivity index (χ4n) is 10.9. The number of rotatable bonds is 29. The number of hydrogen-bond donors (Lipinski definition) is 2. The molecule has 1 saturated heterocycles. The summed E-state index contributed by atoms with van der Waals surface area (Å²) in [4.78, 5) is 27.9. The van der Waals surface area contributed by atoms with Gasteiger partial charge in [-0.15, -0.1) is 6.58 Å². The molecular weight excluding hydrogens is 819 g/mol. The van der Waals surface area contributed by atoms with Crippen LogP contribution in [0.15, 0.2) is 65.9 Å². The average Bonchev–Trinajstić information content (AvgIpc) is 3.32. The summed E-state index contributed by atoms with van der Waals surface area (Å²) in [6.45, 7) is 12.5. The molecule has 0 bridgehead atoms. The van der Waals surface area contributed by atoms with Crippen molar-refractivity contribution >= 4 is 11.6 Å². The highest BCUT2D eigenvalue weighted by Gasteiger charge is 2.65. The molecule has 1 saturated carbocycles. The number of aryl methyl sites for hydroxylation is 1. The summed E-state index contributed by atoms with van der Waals surface area (Å²) >= 11 is 0. The molecule has 1 aromatic heterocycles. The zero-order valence-corrected chi connectivity index (χ0v) is 40.1. The highest BCUT2D eigenvalue weighted by molar-refractivity contribution is 6.03. The Balaban J connectivity index is 1.45. The van der Waals surface area contributed by atoms with Gasteiger partial charge in [0.2, 0.25) is 18.0 Å². The number of hydrogen-bond acceptors (Lipinski definition) is 10. The standard InChI is InChI=1S/C54H81N3O8/c1-5-8-9-10-11-12-13-14-15-27-50(60)57(31-6-2)49-38-47(56-65-51-28-18-21-35-61-51)45-36-41(24-16-19-32-58)44(26-17-20-33-59)52-46-37-43(62-39-42-25-22-23-40(4)55-42)29-30-48(46)64-54(49,53(45)52)63-34-7-3/h7,22-23,25,29-30,36-37,41,44,49,51-53,58-59H,3,5-6,8-21,24,26-28,31-35,38-39H2,1-2,4H3/t41-,44+,49-,51?,52+,53+,54+/m0/s1. The third-order valence-corrected chi connectivity index (χ3v) is 14.1. The van der Waals surface area contributed by atoms with Crippen molar-refractivity contribution in [2.45, 2.75) is 186 Å². The van der Waals surface area contributed by atoms with Crippen molar-refractivity contribution in [3.63, 3.8) is 0 Å². The van der Waals surface area contributed by atoms with E-state index in [1.165, 1.54) is 38.5 Å². The molecule has 2 N–H and O–H groups in total. The van der Waals surface area contributed by atoms with Gasteiger partial charge in [-0.25, -0.2) is 0 Å². The third-order valence-electron chi connectivity index (χ3n) is 14.1. The van der Waals surface area contributed by atoms with Gasteiger partial charge in [0.05, 0.1) is 30.5 Å². The number of pyridine rings is 1. The molecule has 2 fully saturated rings. The normalized spacial score (nSPS) is 25.2. The predicted octanol–water partition coefficient (Wildman–Crippen LogP) is 11.3. The molecule has 11 heteroatoms. The van der Waals surface area contributed by atoms with Gasteiger partial charge in [0.25, 0.3) is 0 Å². The Labute approximate surface area is 390 Å². The van der Waals surface area contributed by atoms with E-state index in [1.54, 1.807) is 6.08 Å². The number of unbranched alkanes of at least 4 members (excludes halogenated alkanes) is 10. The summed E-state index contributed by atoms with van der Waals surface area (Å²) in [6.07, 6.45) is 23.7. The second-order valence-electron chi connectivity index (χ2n) is 18.9. The lowest BCUT2D eigenvalue weighted by Gasteiger charge is -2.60. The maximum Gasteiger partial charge on any atom is 0.239 e. The molecule has 1 unspecified atom stereocenters. The zero-order valence-electron chi connectivity index (χ0n) is 40.1. The minimum atomic E-state index is -1.28. The van der Waals surface area contributed by atoms with Crippen LogP contribution in [-0.2, 0) is 25.7 Å². The fourth-order valence-corrected chi connectivity index (χ4v) is 10.9. The number of aromatic nitrogens is 1. The lowest BCUT2D eigenvalue weighted by Crippen LogP contribution is -2.70. The molecular formula is C54H81N3O8. The first-order valence-corrected chi connectivity index (χ1v) is 25.6. The molecule has 2 aliphatic carbocycles. The Morgan fingerprint density at radius 3 is 2.43 bits per heavy atom. The number of oxime groups is 1. The van der Waals surface area contributed by atoms with Crippen molar-refractivity contribution in [2.24, 2.45) is 22.9 Å². The highest BCUT2D eigenvalue weighted by Crippen LogP contribution is 2.62. The Hall–Kier alpha value is -3.77. The lowest BCUT2D eigenvalue weighted by atomic mass is 9.55. The average molecular weight is 900 g/mol. The van der Waals surface area contributed by atoms with Crippen LogP contribution in [0, 0.1) is 24.7 Å². The SMILES string of the molecule is C=CCO[C@@]12Oc3ccc(OCc4cccc(C)n4)cc3[C@H]3[C@H](CCCCO)[C@@H](CCCCO)C=C(C(=NOC4CCCCO4)C[C@@H]1N(CCC)C(=O)CCCCCCCCCCC)[C@H]32. The largest absolute Gasteiger partial charge is 0.487 e. The van der Waals surface area contributed by atoms with Crippen molar-refractivity contribution in [3.05, 3.63) is 77.7 Å². The number of aliphatic hydroxyl groups is 2. The molecule has 2 aliphatic heterocycles. The van der Waals surface area contributed by atoms with E-state index in [4.69, 9.17) is 28.9 Å². The Bertz CT molecular complexity index is 1830. The van der Waals surface area contributed by atoms with E-state index < -0.39 is 18.1 Å². The van der Waals surface area contributed by atoms with Crippen LogP contribution in [0.1, 0.15) is 172 Å². The minimum absolute atomic E-state index is 0.112. The first-order valence-electron chi connectivity index (χ1n) is 25.6. The van der Waals surface area contributed by atoms with Gasteiger partial charge in [0.1, 0.15) is 24.1 Å². The highest BCUT2D eigenvalue weighted by atomic mass is 16.8. The molecule has 1 aromatic carbocycles. The topological polar surface area (TPSA) is 132 Å². The van der Waals surface area contributed by atoms with E-state index in [9.17, 15) is 15.0 Å². The number of nitrogens with zero attached hydrogens (tertiary/aromatic N) is 3. The maximum atomic E-state index is 14.8. The van der Waals surface area contributed by atoms with Crippen LogP contribution >= 0.6 is 0 Å². The maximum absolute atomic E-state index is 14.8. The zero-order chi connectivity index (χ0) is 45.9. The first kappa shape index (κ1) is 50.6. The molecule has 65 heavy (non-hydrogen) atoms. The minimum Gasteiger partial charge on any atom is -0.487 e. The smallest absolute Gasteiger partial charge is 0.239 e. The summed E-state index contributed by atoms with van der Waals surface area (Å²) in [6, 6.07) is 11.6. The van der Waals surface area contributed by atoms with Crippen molar-refractivity contribution in [3.8, 4) is 11.5 Å². The van der Waals surface area contributed by atoms with E-state index in [2.05, 4.69) is 42.5 Å². The number of carbonyl (C=O) groups excluding carboxylic acids is 1. The van der Waals surface area contributed by atoms with Gasteiger partial charge in [-0.3, -0.25) is 9.78 Å². The fraction of sp³-hybridized carbons (Fsp3) is 0.685. The van der Waals surface area contributed by atoms with Crippen LogP contribution in [-0.4, -0.2) is 82.8 Å². The molecule has 0 spiro atoms. The monoisotopic (exact) mass is 900 g/mol. The molecule has 3 heterocycles. The molecule has 0 radical (unpaired) electrons. The molecule has 4 aliphatic rings. The molecule has 6 rings (SSSR count). The summed E-state index contributed by atoms with van der Waals surface area (Å²) < 4.78 is 27.2. The van der Waals surface area contributed by atoms with Crippen molar-refractivity contribution in [1.29, 1.82) is 0 Å². The Kier molecular flexibility index (Phi) is 20.7. The van der Waals surface area contributed by atoms with Crippen molar-refractivity contribution in [2.75, 3.05) is 33.0 Å². The second-order valence-corrected chi connectivity index (χ2v) is 18.9. The third kappa shape index (κ3) is 13.4. The molecule has 2 aromatic rings. The van der Waals surface area contributed by atoms with Crippen LogP contribution in [0.25, 0.3) is 0 Å². The van der Waals surface area contributed by atoms with Crippen LogP contribution in [0.5, 0.6) is 11.5 Å². The van der Waals surface area contributed by atoms with E-state index in [0.29, 0.717) is 45.4 Å². The number of amides is 1. The van der Waals surface area contributed by atoms with Crippen LogP contribution in [0.4, 0.5) is 0 Å². The Morgan fingerprint density at radius 1 is 0.954 bits per heavy atom. The van der Waals surface area contributed by atoms with Crippen LogP contribution in [0.3, 0.4) is 0 Å². The number of aliphatic hydroxyl groups excluding tert-OH is 2. The van der Waals surface area contributed by atoms with Gasteiger partial charge in [0, 0.05) is 56.2 Å². The van der Waals surface area contributed by atoms with Crippen molar-refractivity contribution < 1.29 is 38.8 Å². The van der Waals surface area contributed by atoms with E-state index in [1.807, 2.05) is 37.3 Å². The van der Waals surface area contributed by atoms with Gasteiger partial charge >= 0.3 is 0 Å². The Morgan fingerprint density at radius 2 is 1.72 bits per heavy atom. The summed E-state index contributed by atoms with van der Waals surface area (Å²) in [5.74, 6) is 0.0352. The molecule has 1 amide bonds. The number of carbonyl (C=O) groups is 1. The van der Waals surface area contributed by atoms with E-state index in [-0.39, 0.29) is 49.4 Å². The molecule has 7 atom stereocenters. The summed E-state index contributed by atoms with van der Waals surface area (Å²) in [5, 5.41) is 25.0. The number of ether oxygens (including phenoxy) is 4. The number of allylic oxidation sites excluding steroid dienone is 1. The molecule has 11 nitrogen and oxygen atoms in total. The van der Waals surface area contributed by atoms with E-state index >= 15 is 0 Å². The first-order chi connectivity index (χ1) is 31.9.